The lowest BCUT2D eigenvalue weighted by atomic mass is 9.77. The fraction of sp³-hybridized carbons (Fsp3) is 0.333. The van der Waals surface area contributed by atoms with Gasteiger partial charge in [-0.2, -0.15) is 0 Å². The molecule has 0 bridgehead atoms. The standard InChI is InChI=1S/C15H17NO4/c1-20-12-5-2-4-11(10-12)6-7-13(17)16-15(14(18)19)8-3-9-15/h2,4-7,10H,3,8-9H2,1H3,(H,16,17)(H,18,19)/b7-6+. The van der Waals surface area contributed by atoms with E-state index in [9.17, 15) is 9.59 Å². The van der Waals surface area contributed by atoms with Gasteiger partial charge in [-0.1, -0.05) is 12.1 Å². The van der Waals surface area contributed by atoms with Crippen LogP contribution in [0.1, 0.15) is 24.8 Å². The van der Waals surface area contributed by atoms with Gasteiger partial charge in [0.25, 0.3) is 0 Å². The van der Waals surface area contributed by atoms with Gasteiger partial charge in [0.1, 0.15) is 11.3 Å². The molecule has 0 unspecified atom stereocenters. The number of carboxylic acids is 1. The van der Waals surface area contributed by atoms with Crippen molar-refractivity contribution >= 4 is 18.0 Å². The third kappa shape index (κ3) is 2.99. The lowest BCUT2D eigenvalue weighted by Crippen LogP contribution is -2.58. The van der Waals surface area contributed by atoms with E-state index < -0.39 is 17.4 Å². The molecule has 106 valence electrons. The summed E-state index contributed by atoms with van der Waals surface area (Å²) < 4.78 is 5.09. The molecule has 1 aliphatic rings. The number of ether oxygens (including phenoxy) is 1. The smallest absolute Gasteiger partial charge is 0.329 e. The number of carbonyl (C=O) groups is 2. The molecule has 0 spiro atoms. The molecule has 1 fully saturated rings. The number of hydrogen-bond acceptors (Lipinski definition) is 3. The molecule has 2 rings (SSSR count). The van der Waals surface area contributed by atoms with E-state index >= 15 is 0 Å². The maximum atomic E-state index is 11.8. The van der Waals surface area contributed by atoms with Crippen molar-refractivity contribution in [2.24, 2.45) is 0 Å². The first kappa shape index (κ1) is 14.1. The van der Waals surface area contributed by atoms with E-state index in [2.05, 4.69) is 5.32 Å². The van der Waals surface area contributed by atoms with E-state index in [-0.39, 0.29) is 0 Å². The predicted molar refractivity (Wildman–Crippen MR) is 74.4 cm³/mol. The van der Waals surface area contributed by atoms with Crippen molar-refractivity contribution in [1.29, 1.82) is 0 Å². The van der Waals surface area contributed by atoms with Crippen LogP contribution in [0.2, 0.25) is 0 Å². The topological polar surface area (TPSA) is 75.6 Å². The van der Waals surface area contributed by atoms with E-state index in [4.69, 9.17) is 9.84 Å². The highest BCUT2D eigenvalue weighted by Gasteiger charge is 2.45. The van der Waals surface area contributed by atoms with Gasteiger partial charge in [0, 0.05) is 6.08 Å². The number of hydrogen-bond donors (Lipinski definition) is 2. The zero-order valence-electron chi connectivity index (χ0n) is 11.3. The minimum Gasteiger partial charge on any atom is -0.497 e. The summed E-state index contributed by atoms with van der Waals surface area (Å²) in [5, 5.41) is 11.7. The van der Waals surface area contributed by atoms with Crippen LogP contribution in [0.4, 0.5) is 0 Å². The molecule has 5 nitrogen and oxygen atoms in total. The number of amides is 1. The van der Waals surface area contributed by atoms with E-state index in [1.807, 2.05) is 18.2 Å². The molecular weight excluding hydrogens is 258 g/mol. The molecule has 0 radical (unpaired) electrons. The second kappa shape index (κ2) is 5.77. The summed E-state index contributed by atoms with van der Waals surface area (Å²) in [5.41, 5.74) is -0.256. The van der Waals surface area contributed by atoms with Crippen LogP contribution in [-0.2, 0) is 9.59 Å². The summed E-state index contributed by atoms with van der Waals surface area (Å²) >= 11 is 0. The van der Waals surface area contributed by atoms with Crippen LogP contribution >= 0.6 is 0 Å². The van der Waals surface area contributed by atoms with Gasteiger partial charge in [-0.15, -0.1) is 0 Å². The van der Waals surface area contributed by atoms with Crippen molar-refractivity contribution in [3.8, 4) is 5.75 Å². The Morgan fingerprint density at radius 1 is 1.40 bits per heavy atom. The Hall–Kier alpha value is -2.30. The fourth-order valence-corrected chi connectivity index (χ4v) is 2.12. The average molecular weight is 275 g/mol. The summed E-state index contributed by atoms with van der Waals surface area (Å²) in [6, 6.07) is 7.26. The summed E-state index contributed by atoms with van der Waals surface area (Å²) in [6.45, 7) is 0. The Morgan fingerprint density at radius 2 is 2.15 bits per heavy atom. The monoisotopic (exact) mass is 275 g/mol. The van der Waals surface area contributed by atoms with Gasteiger partial charge in [-0.25, -0.2) is 4.79 Å². The molecule has 5 heteroatoms. The normalized spacial score (nSPS) is 16.4. The second-order valence-electron chi connectivity index (χ2n) is 4.84. The van der Waals surface area contributed by atoms with Crippen LogP contribution in [0.15, 0.2) is 30.3 Å². The number of carboxylic acid groups (broad SMARTS) is 1. The zero-order chi connectivity index (χ0) is 14.6. The SMILES string of the molecule is COc1cccc(/C=C/C(=O)NC2(C(=O)O)CCC2)c1. The number of methoxy groups -OCH3 is 1. The zero-order valence-corrected chi connectivity index (χ0v) is 11.3. The minimum atomic E-state index is -1.07. The fourth-order valence-electron chi connectivity index (χ4n) is 2.12. The molecular formula is C15H17NO4. The maximum absolute atomic E-state index is 11.8. The van der Waals surface area contributed by atoms with E-state index in [1.165, 1.54) is 6.08 Å². The first-order valence-corrected chi connectivity index (χ1v) is 6.43. The van der Waals surface area contributed by atoms with E-state index in [0.29, 0.717) is 18.6 Å². The molecule has 1 aromatic carbocycles. The largest absolute Gasteiger partial charge is 0.497 e. The molecule has 1 aliphatic carbocycles. The van der Waals surface area contributed by atoms with Gasteiger partial charge in [0.05, 0.1) is 7.11 Å². The molecule has 1 amide bonds. The number of carbonyl (C=O) groups excluding carboxylic acids is 1. The average Bonchev–Trinajstić information content (AvgIpc) is 2.40. The highest BCUT2D eigenvalue weighted by Crippen LogP contribution is 2.32. The molecule has 2 N–H and O–H groups in total. The summed E-state index contributed by atoms with van der Waals surface area (Å²) in [5.74, 6) is -0.657. The molecule has 0 aromatic heterocycles. The molecule has 0 aliphatic heterocycles. The third-order valence-corrected chi connectivity index (χ3v) is 3.50. The lowest BCUT2D eigenvalue weighted by molar-refractivity contribution is -0.151. The van der Waals surface area contributed by atoms with Crippen molar-refractivity contribution in [3.63, 3.8) is 0 Å². The van der Waals surface area contributed by atoms with Crippen molar-refractivity contribution in [1.82, 2.24) is 5.32 Å². The predicted octanol–water partition coefficient (Wildman–Crippen LogP) is 1.83. The van der Waals surface area contributed by atoms with Gasteiger partial charge in [0.15, 0.2) is 0 Å². The summed E-state index contributed by atoms with van der Waals surface area (Å²) in [4.78, 5) is 22.9. The van der Waals surface area contributed by atoms with E-state index in [0.717, 1.165) is 12.0 Å². The summed E-state index contributed by atoms with van der Waals surface area (Å²) in [7, 11) is 1.57. The molecule has 0 atom stereocenters. The van der Waals surface area contributed by atoms with Gasteiger partial charge in [-0.05, 0) is 43.0 Å². The highest BCUT2D eigenvalue weighted by atomic mass is 16.5. The quantitative estimate of drug-likeness (QED) is 0.804. The maximum Gasteiger partial charge on any atom is 0.329 e. The number of aliphatic carboxylic acids is 1. The second-order valence-corrected chi connectivity index (χ2v) is 4.84. The Bertz CT molecular complexity index is 547. The number of nitrogens with one attached hydrogen (secondary N) is 1. The van der Waals surface area contributed by atoms with Crippen LogP contribution in [0.25, 0.3) is 6.08 Å². The summed E-state index contributed by atoms with van der Waals surface area (Å²) in [6.07, 6.45) is 4.78. The van der Waals surface area contributed by atoms with Crippen LogP contribution in [-0.4, -0.2) is 29.6 Å². The van der Waals surface area contributed by atoms with Gasteiger partial charge >= 0.3 is 5.97 Å². The third-order valence-electron chi connectivity index (χ3n) is 3.50. The van der Waals surface area contributed by atoms with Crippen LogP contribution in [0.3, 0.4) is 0 Å². The molecule has 0 saturated heterocycles. The Morgan fingerprint density at radius 3 is 2.70 bits per heavy atom. The highest BCUT2D eigenvalue weighted by molar-refractivity contribution is 5.96. The van der Waals surface area contributed by atoms with Crippen molar-refractivity contribution < 1.29 is 19.4 Å². The van der Waals surface area contributed by atoms with Crippen LogP contribution in [0.5, 0.6) is 5.75 Å². The van der Waals surface area contributed by atoms with Gasteiger partial charge in [0.2, 0.25) is 5.91 Å². The first-order chi connectivity index (χ1) is 9.55. The van der Waals surface area contributed by atoms with Gasteiger partial charge < -0.3 is 15.2 Å². The van der Waals surface area contributed by atoms with Crippen molar-refractivity contribution in [3.05, 3.63) is 35.9 Å². The van der Waals surface area contributed by atoms with Crippen molar-refractivity contribution in [2.45, 2.75) is 24.8 Å². The molecule has 1 aromatic rings. The molecule has 1 saturated carbocycles. The molecule has 20 heavy (non-hydrogen) atoms. The van der Waals surface area contributed by atoms with E-state index in [1.54, 1.807) is 19.3 Å². The molecule has 0 heterocycles. The Kier molecular flexibility index (Phi) is 4.08. The van der Waals surface area contributed by atoms with Crippen LogP contribution in [0, 0.1) is 0 Å². The van der Waals surface area contributed by atoms with Gasteiger partial charge in [-0.3, -0.25) is 4.79 Å². The first-order valence-electron chi connectivity index (χ1n) is 6.43. The number of rotatable bonds is 5. The Labute approximate surface area is 117 Å². The number of benzene rings is 1. The lowest BCUT2D eigenvalue weighted by Gasteiger charge is -2.37. The minimum absolute atomic E-state index is 0.394. The Balaban J connectivity index is 2.00. The van der Waals surface area contributed by atoms with Crippen LogP contribution < -0.4 is 10.1 Å². The van der Waals surface area contributed by atoms with Crippen molar-refractivity contribution in [2.75, 3.05) is 7.11 Å².